The van der Waals surface area contributed by atoms with E-state index >= 15 is 0 Å². The lowest BCUT2D eigenvalue weighted by atomic mass is 9.80. The molecule has 2 unspecified atom stereocenters. The molecule has 0 aromatic rings. The van der Waals surface area contributed by atoms with Gasteiger partial charge in [0.15, 0.2) is 0 Å². The summed E-state index contributed by atoms with van der Waals surface area (Å²) in [5.74, 6) is 1.66. The molecule has 1 aliphatic rings. The Labute approximate surface area is 89.7 Å². The maximum Gasteiger partial charge on any atom is 0.0158 e. The fourth-order valence-electron chi connectivity index (χ4n) is 3.04. The van der Waals surface area contributed by atoms with Crippen LogP contribution in [0, 0.1) is 11.8 Å². The molecule has 1 saturated heterocycles. The minimum Gasteiger partial charge on any atom is -0.309 e. The summed E-state index contributed by atoms with van der Waals surface area (Å²) < 4.78 is 0. The summed E-state index contributed by atoms with van der Waals surface area (Å²) in [4.78, 5) is 0. The maximum absolute atomic E-state index is 3.80. The Hall–Kier alpha value is -0.0400. The van der Waals surface area contributed by atoms with Crippen LogP contribution in [-0.2, 0) is 0 Å². The molecule has 0 spiro atoms. The van der Waals surface area contributed by atoms with Crippen LogP contribution in [0.15, 0.2) is 0 Å². The van der Waals surface area contributed by atoms with Crippen molar-refractivity contribution in [3.8, 4) is 0 Å². The molecule has 0 aromatic carbocycles. The highest BCUT2D eigenvalue weighted by molar-refractivity contribution is 4.98. The predicted molar refractivity (Wildman–Crippen MR) is 63.5 cm³/mol. The highest BCUT2D eigenvalue weighted by atomic mass is 15.0. The Balaban J connectivity index is 2.49. The average Bonchev–Trinajstić information content (AvgIpc) is 2.37. The van der Waals surface area contributed by atoms with Crippen LogP contribution >= 0.6 is 0 Å². The standard InChI is InChI=1S/C13H27N/c1-6-7-8-11-9-12(10(2)3)13(4,5)14-11/h10-12,14H,6-9H2,1-5H3. The molecule has 0 saturated carbocycles. The van der Waals surface area contributed by atoms with Gasteiger partial charge < -0.3 is 5.32 Å². The molecule has 1 nitrogen and oxygen atoms in total. The second kappa shape index (κ2) is 4.65. The van der Waals surface area contributed by atoms with E-state index in [1.165, 1.54) is 25.7 Å². The first kappa shape index (κ1) is 12.0. The molecular formula is C13H27N. The molecular weight excluding hydrogens is 170 g/mol. The van der Waals surface area contributed by atoms with Gasteiger partial charge in [0, 0.05) is 11.6 Å². The van der Waals surface area contributed by atoms with Crippen LogP contribution in [0.5, 0.6) is 0 Å². The zero-order valence-corrected chi connectivity index (χ0v) is 10.6. The van der Waals surface area contributed by atoms with Crippen molar-refractivity contribution < 1.29 is 0 Å². The largest absolute Gasteiger partial charge is 0.309 e. The van der Waals surface area contributed by atoms with E-state index in [1.807, 2.05) is 0 Å². The van der Waals surface area contributed by atoms with E-state index < -0.39 is 0 Å². The molecule has 14 heavy (non-hydrogen) atoms. The molecule has 1 N–H and O–H groups in total. The molecule has 0 aromatic heterocycles. The van der Waals surface area contributed by atoms with E-state index in [0.717, 1.165) is 17.9 Å². The Bertz CT molecular complexity index is 172. The van der Waals surface area contributed by atoms with Crippen molar-refractivity contribution in [3.05, 3.63) is 0 Å². The van der Waals surface area contributed by atoms with Crippen molar-refractivity contribution in [3.63, 3.8) is 0 Å². The van der Waals surface area contributed by atoms with Crippen molar-refractivity contribution in [1.29, 1.82) is 0 Å². The minimum absolute atomic E-state index is 0.354. The van der Waals surface area contributed by atoms with Gasteiger partial charge in [-0.1, -0.05) is 33.6 Å². The molecule has 2 atom stereocenters. The summed E-state index contributed by atoms with van der Waals surface area (Å²) >= 11 is 0. The van der Waals surface area contributed by atoms with Crippen LogP contribution in [-0.4, -0.2) is 11.6 Å². The summed E-state index contributed by atoms with van der Waals surface area (Å²) in [7, 11) is 0. The van der Waals surface area contributed by atoms with Gasteiger partial charge in [0.25, 0.3) is 0 Å². The third-order valence-corrected chi connectivity index (χ3v) is 3.75. The third kappa shape index (κ3) is 2.73. The predicted octanol–water partition coefficient (Wildman–Crippen LogP) is 3.59. The monoisotopic (exact) mass is 197 g/mol. The highest BCUT2D eigenvalue weighted by Crippen LogP contribution is 2.36. The minimum atomic E-state index is 0.354. The molecule has 1 heterocycles. The number of unbranched alkanes of at least 4 members (excludes halogenated alkanes) is 1. The van der Waals surface area contributed by atoms with Gasteiger partial charge in [0.05, 0.1) is 0 Å². The molecule has 84 valence electrons. The fraction of sp³-hybridized carbons (Fsp3) is 1.00. The van der Waals surface area contributed by atoms with Crippen LogP contribution in [0.2, 0.25) is 0 Å². The van der Waals surface area contributed by atoms with Crippen molar-refractivity contribution in [2.75, 3.05) is 0 Å². The summed E-state index contributed by atoms with van der Waals surface area (Å²) in [6.45, 7) is 11.7. The van der Waals surface area contributed by atoms with Gasteiger partial charge in [-0.15, -0.1) is 0 Å². The van der Waals surface area contributed by atoms with E-state index in [4.69, 9.17) is 0 Å². The SMILES string of the molecule is CCCCC1CC(C(C)C)C(C)(C)N1. The van der Waals surface area contributed by atoms with Crippen LogP contribution < -0.4 is 5.32 Å². The second-order valence-corrected chi connectivity index (χ2v) is 5.79. The maximum atomic E-state index is 3.80. The quantitative estimate of drug-likeness (QED) is 0.726. The highest BCUT2D eigenvalue weighted by Gasteiger charge is 2.40. The van der Waals surface area contributed by atoms with Gasteiger partial charge in [-0.25, -0.2) is 0 Å². The summed E-state index contributed by atoms with van der Waals surface area (Å²) in [6.07, 6.45) is 5.44. The topological polar surface area (TPSA) is 12.0 Å². The van der Waals surface area contributed by atoms with E-state index in [2.05, 4.69) is 39.9 Å². The van der Waals surface area contributed by atoms with Gasteiger partial charge in [0.2, 0.25) is 0 Å². The normalized spacial score (nSPS) is 31.3. The molecule has 0 amide bonds. The molecule has 0 radical (unpaired) electrons. The van der Waals surface area contributed by atoms with E-state index in [0.29, 0.717) is 5.54 Å². The molecule has 1 aliphatic heterocycles. The number of hydrogen-bond acceptors (Lipinski definition) is 1. The molecule has 1 heteroatoms. The van der Waals surface area contributed by atoms with Gasteiger partial charge in [-0.05, 0) is 38.5 Å². The third-order valence-electron chi connectivity index (χ3n) is 3.75. The van der Waals surface area contributed by atoms with E-state index in [1.54, 1.807) is 0 Å². The lowest BCUT2D eigenvalue weighted by molar-refractivity contribution is 0.261. The van der Waals surface area contributed by atoms with Crippen LogP contribution in [0.3, 0.4) is 0 Å². The summed E-state index contributed by atoms with van der Waals surface area (Å²) in [5.41, 5.74) is 0.354. The van der Waals surface area contributed by atoms with Crippen molar-refractivity contribution in [2.24, 2.45) is 11.8 Å². The van der Waals surface area contributed by atoms with E-state index in [9.17, 15) is 0 Å². The summed E-state index contributed by atoms with van der Waals surface area (Å²) in [5, 5.41) is 3.80. The van der Waals surface area contributed by atoms with Gasteiger partial charge in [0.1, 0.15) is 0 Å². The Kier molecular flexibility index (Phi) is 4.00. The van der Waals surface area contributed by atoms with Crippen molar-refractivity contribution in [1.82, 2.24) is 5.32 Å². The zero-order chi connectivity index (χ0) is 10.8. The Morgan fingerprint density at radius 2 is 2.00 bits per heavy atom. The summed E-state index contributed by atoms with van der Waals surface area (Å²) in [6, 6.07) is 0.775. The lowest BCUT2D eigenvalue weighted by Gasteiger charge is -2.30. The molecule has 0 bridgehead atoms. The van der Waals surface area contributed by atoms with Crippen LogP contribution in [0.1, 0.15) is 60.3 Å². The van der Waals surface area contributed by atoms with Gasteiger partial charge >= 0.3 is 0 Å². The first-order valence-corrected chi connectivity index (χ1v) is 6.25. The average molecular weight is 197 g/mol. The van der Waals surface area contributed by atoms with Gasteiger partial charge in [-0.3, -0.25) is 0 Å². The second-order valence-electron chi connectivity index (χ2n) is 5.79. The lowest BCUT2D eigenvalue weighted by Crippen LogP contribution is -2.42. The zero-order valence-electron chi connectivity index (χ0n) is 10.6. The first-order valence-electron chi connectivity index (χ1n) is 6.25. The molecule has 1 rings (SSSR count). The van der Waals surface area contributed by atoms with E-state index in [-0.39, 0.29) is 0 Å². The Morgan fingerprint density at radius 3 is 2.43 bits per heavy atom. The fourth-order valence-corrected chi connectivity index (χ4v) is 3.04. The molecule has 0 aliphatic carbocycles. The molecule has 1 fully saturated rings. The van der Waals surface area contributed by atoms with Crippen molar-refractivity contribution >= 4 is 0 Å². The van der Waals surface area contributed by atoms with Gasteiger partial charge in [-0.2, -0.15) is 0 Å². The first-order chi connectivity index (χ1) is 6.47. The van der Waals surface area contributed by atoms with Crippen molar-refractivity contribution in [2.45, 2.75) is 71.9 Å². The Morgan fingerprint density at radius 1 is 1.36 bits per heavy atom. The smallest absolute Gasteiger partial charge is 0.0158 e. The number of nitrogens with one attached hydrogen (secondary N) is 1. The van der Waals surface area contributed by atoms with Crippen LogP contribution in [0.25, 0.3) is 0 Å². The van der Waals surface area contributed by atoms with Crippen LogP contribution in [0.4, 0.5) is 0 Å². The number of hydrogen-bond donors (Lipinski definition) is 1. The number of rotatable bonds is 4.